The number of oxazole rings is 1. The smallest absolute Gasteiger partial charge is 0.408 e. The molecule has 0 fully saturated rings. The molecule has 0 saturated heterocycles. The number of anilines is 1. The topological polar surface area (TPSA) is 72.5 Å². The van der Waals surface area contributed by atoms with Crippen molar-refractivity contribution in [3.8, 4) is 0 Å². The Morgan fingerprint density at radius 3 is 2.72 bits per heavy atom. The number of para-hydroxylation sites is 1. The molecule has 2 aromatic carbocycles. The summed E-state index contributed by atoms with van der Waals surface area (Å²) in [5.41, 5.74) is 2.61. The van der Waals surface area contributed by atoms with Crippen LogP contribution in [0.3, 0.4) is 0 Å². The maximum Gasteiger partial charge on any atom is 0.419 e. The highest BCUT2D eigenvalue weighted by atomic mass is 32.2. The van der Waals surface area contributed by atoms with Gasteiger partial charge in [0.1, 0.15) is 0 Å². The van der Waals surface area contributed by atoms with Gasteiger partial charge in [0.15, 0.2) is 5.58 Å². The van der Waals surface area contributed by atoms with Crippen LogP contribution < -0.4 is 10.1 Å². The number of aromatic nitrogens is 1. The van der Waals surface area contributed by atoms with Gasteiger partial charge in [0.25, 0.3) is 10.0 Å². The number of fused-ring (bicyclic) bond motifs is 2. The summed E-state index contributed by atoms with van der Waals surface area (Å²) in [7, 11) is -3.74. The Kier molecular flexibility index (Phi) is 3.50. The highest BCUT2D eigenvalue weighted by Crippen LogP contribution is 2.36. The van der Waals surface area contributed by atoms with Gasteiger partial charge >= 0.3 is 5.76 Å². The molecule has 3 aromatic rings. The van der Waals surface area contributed by atoms with Crippen LogP contribution in [0.4, 0.5) is 5.69 Å². The molecule has 0 aliphatic carbocycles. The second kappa shape index (κ2) is 5.49. The van der Waals surface area contributed by atoms with Crippen LogP contribution in [-0.4, -0.2) is 19.0 Å². The summed E-state index contributed by atoms with van der Waals surface area (Å²) >= 11 is 0. The quantitative estimate of drug-likeness (QED) is 0.722. The molecule has 0 radical (unpaired) electrons. The van der Waals surface area contributed by atoms with Crippen molar-refractivity contribution in [1.82, 2.24) is 4.57 Å². The van der Waals surface area contributed by atoms with E-state index in [1.807, 2.05) is 38.1 Å². The summed E-state index contributed by atoms with van der Waals surface area (Å²) in [6, 6.07) is 12.0. The van der Waals surface area contributed by atoms with Gasteiger partial charge in [-0.1, -0.05) is 18.2 Å². The lowest BCUT2D eigenvalue weighted by Crippen LogP contribution is -2.35. The molecular formula is C18H18N2O4S. The van der Waals surface area contributed by atoms with E-state index in [2.05, 4.69) is 0 Å². The minimum absolute atomic E-state index is 0.126. The van der Waals surface area contributed by atoms with E-state index in [1.165, 1.54) is 21.0 Å². The number of rotatable bonds is 3. The Balaban J connectivity index is 1.86. The molecule has 1 atom stereocenters. The Morgan fingerprint density at radius 1 is 1.20 bits per heavy atom. The lowest BCUT2D eigenvalue weighted by molar-refractivity contribution is 0.512. The second-order valence-corrected chi connectivity index (χ2v) is 8.04. The first-order chi connectivity index (χ1) is 11.9. The molecule has 4 rings (SSSR count). The molecule has 7 heteroatoms. The van der Waals surface area contributed by atoms with Crippen LogP contribution in [0.2, 0.25) is 0 Å². The van der Waals surface area contributed by atoms with Crippen LogP contribution in [0.15, 0.2) is 56.6 Å². The third kappa shape index (κ3) is 2.30. The highest BCUT2D eigenvalue weighted by molar-refractivity contribution is 7.92. The summed E-state index contributed by atoms with van der Waals surface area (Å²) in [6.45, 7) is 4.20. The normalized spacial score (nSPS) is 17.2. The van der Waals surface area contributed by atoms with Gasteiger partial charge in [-0.25, -0.2) is 13.2 Å². The molecule has 2 heterocycles. The maximum atomic E-state index is 13.2. The van der Waals surface area contributed by atoms with Crippen LogP contribution in [0.25, 0.3) is 11.1 Å². The summed E-state index contributed by atoms with van der Waals surface area (Å²) in [5, 5.41) is 0. The minimum Gasteiger partial charge on any atom is -0.408 e. The fourth-order valence-corrected chi connectivity index (χ4v) is 5.23. The first kappa shape index (κ1) is 16.0. The van der Waals surface area contributed by atoms with Gasteiger partial charge in [0.2, 0.25) is 0 Å². The summed E-state index contributed by atoms with van der Waals surface area (Å²) in [4.78, 5) is 12.0. The van der Waals surface area contributed by atoms with Crippen molar-refractivity contribution < 1.29 is 12.8 Å². The summed E-state index contributed by atoms with van der Waals surface area (Å²) < 4.78 is 34.6. The average Bonchev–Trinajstić information content (AvgIpc) is 3.08. The molecule has 0 spiro atoms. The van der Waals surface area contributed by atoms with Gasteiger partial charge in [-0.2, -0.15) is 0 Å². The molecule has 6 nitrogen and oxygen atoms in total. The highest BCUT2D eigenvalue weighted by Gasteiger charge is 2.36. The van der Waals surface area contributed by atoms with Crippen molar-refractivity contribution in [2.24, 2.45) is 0 Å². The van der Waals surface area contributed by atoms with Crippen molar-refractivity contribution in [3.63, 3.8) is 0 Å². The number of benzene rings is 2. The predicted molar refractivity (Wildman–Crippen MR) is 95.4 cm³/mol. The second-order valence-electron chi connectivity index (χ2n) is 6.22. The molecule has 130 valence electrons. The average molecular weight is 358 g/mol. The van der Waals surface area contributed by atoms with Crippen molar-refractivity contribution >= 4 is 26.8 Å². The standard InChI is InChI=1S/C18H18N2O4S/c1-3-19-16-9-8-14(11-17(16)24-18(19)21)25(22,23)20-12(2)10-13-6-4-5-7-15(13)20/h4-9,11-12H,3,10H2,1-2H3/t12-/m1/s1. The fourth-order valence-electron chi connectivity index (χ4n) is 3.52. The van der Waals surface area contributed by atoms with Gasteiger partial charge < -0.3 is 4.42 Å². The van der Waals surface area contributed by atoms with Crippen molar-refractivity contribution in [2.75, 3.05) is 4.31 Å². The SMILES string of the molecule is CCn1c(=O)oc2cc(S(=O)(=O)N3c4ccccc4C[C@H]3C)ccc21. The maximum absolute atomic E-state index is 13.2. The van der Waals surface area contributed by atoms with E-state index in [-0.39, 0.29) is 16.5 Å². The van der Waals surface area contributed by atoms with Gasteiger partial charge in [-0.3, -0.25) is 8.87 Å². The molecule has 25 heavy (non-hydrogen) atoms. The molecule has 0 saturated carbocycles. The van der Waals surface area contributed by atoms with Crippen molar-refractivity contribution in [2.45, 2.75) is 37.8 Å². The molecule has 0 bridgehead atoms. The molecule has 0 N–H and O–H groups in total. The van der Waals surface area contributed by atoms with E-state index in [0.29, 0.717) is 24.2 Å². The zero-order valence-electron chi connectivity index (χ0n) is 14.0. The van der Waals surface area contributed by atoms with Gasteiger partial charge in [0, 0.05) is 18.7 Å². The van der Waals surface area contributed by atoms with Crippen LogP contribution in [0.1, 0.15) is 19.4 Å². The van der Waals surface area contributed by atoms with E-state index >= 15 is 0 Å². The Bertz CT molecular complexity index is 1130. The van der Waals surface area contributed by atoms with Crippen LogP contribution in [-0.2, 0) is 23.0 Å². The molecule has 0 unspecified atom stereocenters. The zero-order chi connectivity index (χ0) is 17.8. The lowest BCUT2D eigenvalue weighted by atomic mass is 10.1. The Hall–Kier alpha value is -2.54. The number of hydrogen-bond acceptors (Lipinski definition) is 4. The number of hydrogen-bond donors (Lipinski definition) is 0. The third-order valence-electron chi connectivity index (χ3n) is 4.66. The Labute approximate surface area is 145 Å². The van der Waals surface area contributed by atoms with E-state index < -0.39 is 15.8 Å². The van der Waals surface area contributed by atoms with Crippen molar-refractivity contribution in [3.05, 3.63) is 58.6 Å². The summed E-state index contributed by atoms with van der Waals surface area (Å²) in [6.07, 6.45) is 0.680. The molecule has 1 aromatic heterocycles. The molecule has 1 aliphatic rings. The first-order valence-electron chi connectivity index (χ1n) is 8.19. The zero-order valence-corrected chi connectivity index (χ0v) is 14.8. The number of sulfonamides is 1. The largest absolute Gasteiger partial charge is 0.419 e. The van der Waals surface area contributed by atoms with E-state index in [1.54, 1.807) is 6.07 Å². The van der Waals surface area contributed by atoms with Crippen LogP contribution >= 0.6 is 0 Å². The lowest BCUT2D eigenvalue weighted by Gasteiger charge is -2.24. The molecule has 0 amide bonds. The first-order valence-corrected chi connectivity index (χ1v) is 9.63. The molecular weight excluding hydrogens is 340 g/mol. The van der Waals surface area contributed by atoms with Gasteiger partial charge in [-0.15, -0.1) is 0 Å². The minimum atomic E-state index is -3.74. The molecule has 1 aliphatic heterocycles. The van der Waals surface area contributed by atoms with Gasteiger partial charge in [-0.05, 0) is 44.0 Å². The van der Waals surface area contributed by atoms with E-state index in [4.69, 9.17) is 4.42 Å². The van der Waals surface area contributed by atoms with Gasteiger partial charge in [0.05, 0.1) is 16.1 Å². The predicted octanol–water partition coefficient (Wildman–Crippen LogP) is 2.75. The van der Waals surface area contributed by atoms with E-state index in [0.717, 1.165) is 5.56 Å². The monoisotopic (exact) mass is 358 g/mol. The Morgan fingerprint density at radius 2 is 1.96 bits per heavy atom. The van der Waals surface area contributed by atoms with E-state index in [9.17, 15) is 13.2 Å². The number of aryl methyl sites for hydroxylation is 1. The fraction of sp³-hybridized carbons (Fsp3) is 0.278. The van der Waals surface area contributed by atoms with Crippen LogP contribution in [0.5, 0.6) is 0 Å². The summed E-state index contributed by atoms with van der Waals surface area (Å²) in [5.74, 6) is -0.480. The third-order valence-corrected chi connectivity index (χ3v) is 6.58. The van der Waals surface area contributed by atoms with Crippen molar-refractivity contribution in [1.29, 1.82) is 0 Å². The number of nitrogens with zero attached hydrogens (tertiary/aromatic N) is 2. The van der Waals surface area contributed by atoms with Crippen LogP contribution in [0, 0.1) is 0 Å².